The third-order valence-corrected chi connectivity index (χ3v) is 5.40. The van der Waals surface area contributed by atoms with Crippen LogP contribution in [0, 0.1) is 0 Å². The second-order valence-electron chi connectivity index (χ2n) is 7.16. The topological polar surface area (TPSA) is 53.6 Å². The highest BCUT2D eigenvalue weighted by Crippen LogP contribution is 2.32. The van der Waals surface area contributed by atoms with Crippen LogP contribution in [0.4, 0.5) is 20.2 Å². The number of para-hydroxylation sites is 1. The number of anilines is 2. The van der Waals surface area contributed by atoms with Crippen molar-refractivity contribution in [2.24, 2.45) is 0 Å². The Balaban J connectivity index is 0.00000240. The van der Waals surface area contributed by atoms with Gasteiger partial charge in [0.05, 0.1) is 11.3 Å². The van der Waals surface area contributed by atoms with Crippen LogP contribution in [-0.4, -0.2) is 42.6 Å². The van der Waals surface area contributed by atoms with Crippen molar-refractivity contribution in [2.75, 3.05) is 18.4 Å². The molecule has 8 heteroatoms. The van der Waals surface area contributed by atoms with E-state index in [1.807, 2.05) is 29.2 Å². The van der Waals surface area contributed by atoms with E-state index in [4.69, 9.17) is 0 Å². The minimum absolute atomic E-state index is 0. The van der Waals surface area contributed by atoms with Gasteiger partial charge in [-0.3, -0.25) is 4.79 Å². The lowest BCUT2D eigenvalue weighted by Crippen LogP contribution is -2.42. The molecule has 2 N–H and O–H groups in total. The summed E-state index contributed by atoms with van der Waals surface area (Å²) >= 11 is 0. The van der Waals surface area contributed by atoms with Crippen molar-refractivity contribution in [3.05, 3.63) is 54.1 Å². The van der Waals surface area contributed by atoms with E-state index in [2.05, 4.69) is 15.4 Å². The Kier molecular flexibility index (Phi) is 6.92. The number of nitrogens with zero attached hydrogens (tertiary/aromatic N) is 1. The van der Waals surface area contributed by atoms with Crippen molar-refractivity contribution in [1.29, 1.82) is 0 Å². The zero-order valence-electron chi connectivity index (χ0n) is 15.8. The molecule has 2 bridgehead atoms. The molecule has 2 fully saturated rings. The van der Waals surface area contributed by atoms with E-state index in [-0.39, 0.29) is 36.1 Å². The number of hydrogen-bond donors (Lipinski definition) is 2. The van der Waals surface area contributed by atoms with Gasteiger partial charge in [0.15, 0.2) is 0 Å². The van der Waals surface area contributed by atoms with Crippen LogP contribution in [0.2, 0.25) is 0 Å². The molecule has 2 aromatic carbocycles. The van der Waals surface area contributed by atoms with E-state index < -0.39 is 6.61 Å². The zero-order chi connectivity index (χ0) is 19.5. The first-order valence-electron chi connectivity index (χ1n) is 9.56. The molecule has 0 radical (unpaired) electrons. The summed E-state index contributed by atoms with van der Waals surface area (Å²) in [5, 5.41) is 6.65. The largest absolute Gasteiger partial charge is 0.435 e. The quantitative estimate of drug-likeness (QED) is 0.747. The molecule has 4 rings (SSSR count). The van der Waals surface area contributed by atoms with Crippen LogP contribution in [0.5, 0.6) is 5.75 Å². The molecule has 29 heavy (non-hydrogen) atoms. The van der Waals surface area contributed by atoms with Crippen LogP contribution >= 0.6 is 12.4 Å². The van der Waals surface area contributed by atoms with Crippen LogP contribution in [0.3, 0.4) is 0 Å². The lowest BCUT2D eigenvalue weighted by atomic mass is 10.1. The summed E-state index contributed by atoms with van der Waals surface area (Å²) in [6.07, 6.45) is 3.06. The van der Waals surface area contributed by atoms with Crippen LogP contribution < -0.4 is 15.4 Å². The van der Waals surface area contributed by atoms with Gasteiger partial charge in [-0.05, 0) is 62.2 Å². The number of hydrogen-bond acceptors (Lipinski definition) is 4. The Morgan fingerprint density at radius 2 is 1.79 bits per heavy atom. The number of carbonyl (C=O) groups excluding carboxylic acids is 1. The van der Waals surface area contributed by atoms with Crippen molar-refractivity contribution < 1.29 is 18.3 Å². The molecule has 2 saturated heterocycles. The van der Waals surface area contributed by atoms with Gasteiger partial charge in [-0.25, -0.2) is 0 Å². The highest BCUT2D eigenvalue weighted by atomic mass is 35.5. The summed E-state index contributed by atoms with van der Waals surface area (Å²) in [4.78, 5) is 15.4. The van der Waals surface area contributed by atoms with E-state index in [1.54, 1.807) is 12.1 Å². The summed E-state index contributed by atoms with van der Waals surface area (Å²) in [7, 11) is 0. The summed E-state index contributed by atoms with van der Waals surface area (Å²) in [5.41, 5.74) is 2.02. The molecule has 2 aliphatic heterocycles. The number of carbonyl (C=O) groups is 1. The highest BCUT2D eigenvalue weighted by molar-refractivity contribution is 6.00. The first-order valence-corrected chi connectivity index (χ1v) is 9.56. The molecule has 2 aliphatic rings. The Bertz CT molecular complexity index is 821. The van der Waals surface area contributed by atoms with Crippen LogP contribution in [0.15, 0.2) is 48.5 Å². The number of alkyl halides is 2. The number of amides is 1. The van der Waals surface area contributed by atoms with E-state index in [0.29, 0.717) is 16.9 Å². The fourth-order valence-electron chi connectivity index (χ4n) is 4.11. The van der Waals surface area contributed by atoms with E-state index in [1.165, 1.54) is 12.1 Å². The summed E-state index contributed by atoms with van der Waals surface area (Å²) in [5.74, 6) is 0.135. The number of halogens is 3. The normalized spacial score (nSPS) is 20.7. The summed E-state index contributed by atoms with van der Waals surface area (Å²) < 4.78 is 29.0. The first kappa shape index (κ1) is 21.3. The summed E-state index contributed by atoms with van der Waals surface area (Å²) in [6, 6.07) is 14.2. The van der Waals surface area contributed by atoms with Gasteiger partial charge in [-0.15, -0.1) is 12.4 Å². The molecule has 2 atom stereocenters. The third-order valence-electron chi connectivity index (χ3n) is 5.40. The van der Waals surface area contributed by atoms with E-state index in [0.717, 1.165) is 32.4 Å². The minimum atomic E-state index is -2.85. The molecule has 156 valence electrons. The van der Waals surface area contributed by atoms with Crippen LogP contribution in [0.1, 0.15) is 29.6 Å². The maximum atomic E-state index is 13.4. The Morgan fingerprint density at radius 3 is 2.55 bits per heavy atom. The zero-order valence-corrected chi connectivity index (χ0v) is 16.6. The fraction of sp³-hybridized carbons (Fsp3) is 0.381. The van der Waals surface area contributed by atoms with Gasteiger partial charge in [-0.1, -0.05) is 12.1 Å². The SMILES string of the molecule is Cl.O=C(c1ccccc1Nc1ccc(OC(F)F)cc1)N1C2CCNCC1CC2. The predicted octanol–water partition coefficient (Wildman–Crippen LogP) is 4.42. The monoisotopic (exact) mass is 423 g/mol. The number of benzene rings is 2. The number of fused-ring (bicyclic) bond motifs is 2. The van der Waals surface area contributed by atoms with Crippen LogP contribution in [-0.2, 0) is 0 Å². The van der Waals surface area contributed by atoms with Crippen molar-refractivity contribution >= 4 is 29.7 Å². The molecule has 5 nitrogen and oxygen atoms in total. The molecule has 2 heterocycles. The Morgan fingerprint density at radius 1 is 1.07 bits per heavy atom. The Labute approximate surface area is 174 Å². The maximum Gasteiger partial charge on any atom is 0.387 e. The van der Waals surface area contributed by atoms with Gasteiger partial charge in [0.25, 0.3) is 5.91 Å². The van der Waals surface area contributed by atoms with Gasteiger partial charge in [0.1, 0.15) is 5.75 Å². The van der Waals surface area contributed by atoms with E-state index >= 15 is 0 Å². The predicted molar refractivity (Wildman–Crippen MR) is 111 cm³/mol. The smallest absolute Gasteiger partial charge is 0.387 e. The first-order chi connectivity index (χ1) is 13.6. The lowest BCUT2D eigenvalue weighted by Gasteiger charge is -2.29. The molecule has 0 aromatic heterocycles. The lowest BCUT2D eigenvalue weighted by molar-refractivity contribution is -0.0498. The molecular formula is C21H24ClF2N3O2. The molecular weight excluding hydrogens is 400 g/mol. The van der Waals surface area contributed by atoms with Gasteiger partial charge >= 0.3 is 6.61 Å². The van der Waals surface area contributed by atoms with E-state index in [9.17, 15) is 13.6 Å². The molecule has 2 unspecified atom stereocenters. The van der Waals surface area contributed by atoms with Gasteiger partial charge in [-0.2, -0.15) is 8.78 Å². The van der Waals surface area contributed by atoms with Gasteiger partial charge in [0, 0.05) is 24.3 Å². The standard InChI is InChI=1S/C21H23F2N3O2.ClH/c22-21(23)28-17-9-5-14(6-10-17)25-19-4-2-1-3-18(19)20(27)26-15-7-8-16(26)13-24-12-11-15;/h1-6,9-10,15-16,21,24-25H,7-8,11-13H2;1H. The van der Waals surface area contributed by atoms with Gasteiger partial charge < -0.3 is 20.3 Å². The second kappa shape index (κ2) is 9.41. The number of nitrogens with one attached hydrogen (secondary N) is 2. The highest BCUT2D eigenvalue weighted by Gasteiger charge is 2.38. The van der Waals surface area contributed by atoms with Crippen LogP contribution in [0.25, 0.3) is 0 Å². The second-order valence-corrected chi connectivity index (χ2v) is 7.16. The average molecular weight is 424 g/mol. The number of rotatable bonds is 5. The van der Waals surface area contributed by atoms with Gasteiger partial charge in [0.2, 0.25) is 0 Å². The van der Waals surface area contributed by atoms with Crippen molar-refractivity contribution in [3.63, 3.8) is 0 Å². The average Bonchev–Trinajstić information content (AvgIpc) is 2.95. The maximum absolute atomic E-state index is 13.4. The number of ether oxygens (including phenoxy) is 1. The molecule has 1 amide bonds. The molecule has 2 aromatic rings. The molecule has 0 saturated carbocycles. The third kappa shape index (κ3) is 4.79. The fourth-order valence-corrected chi connectivity index (χ4v) is 4.11. The molecule has 0 aliphatic carbocycles. The minimum Gasteiger partial charge on any atom is -0.435 e. The molecule has 0 spiro atoms. The van der Waals surface area contributed by atoms with Crippen molar-refractivity contribution in [3.8, 4) is 5.75 Å². The summed E-state index contributed by atoms with van der Waals surface area (Å²) in [6.45, 7) is -1.07. The Hall–Kier alpha value is -2.38. The van der Waals surface area contributed by atoms with Crippen molar-refractivity contribution in [2.45, 2.75) is 38.0 Å². The van der Waals surface area contributed by atoms with Crippen molar-refractivity contribution in [1.82, 2.24) is 10.2 Å².